The van der Waals surface area contributed by atoms with Gasteiger partial charge in [0.15, 0.2) is 34.9 Å². The third kappa shape index (κ3) is 30.1. The van der Waals surface area contributed by atoms with E-state index >= 15 is 0 Å². The van der Waals surface area contributed by atoms with Gasteiger partial charge in [0.05, 0.1) is 68.4 Å². The van der Waals surface area contributed by atoms with Crippen molar-refractivity contribution in [2.75, 3.05) is 102 Å². The van der Waals surface area contributed by atoms with Gasteiger partial charge in [-0.3, -0.25) is 0 Å². The fourth-order valence-corrected chi connectivity index (χ4v) is 14.3. The molecule has 0 saturated heterocycles. The van der Waals surface area contributed by atoms with Crippen LogP contribution in [0.1, 0.15) is 27.8 Å². The number of benzene rings is 12. The SMILES string of the molecule is COc1ccc(Cl)cc1-c1nc(N)nc(Nc2ccc(C)c(Cl)c2)n1.COc1ccc(Cl)cc1-c1nc(N)nc(Nc2ccc(C)cc2)n1.COc1ccc(Cl)cc1-c1nc(N)nc(Nc2ccc(C)cc2)n1.COc1ccc(Cl)cc1-c1nc(N)nc(Nc2ccc(C)cc2)n1.COc1ccc(Cl)cc1-c1nc(N)nc(Nc2ccccc2)n1.Cc1ccc(Nc2nc(N)nc(-c3cc(Cl)ccc3Cl)n2)cc1. The van der Waals surface area contributed by atoms with Crippen LogP contribution in [-0.2, 0) is 0 Å². The van der Waals surface area contributed by atoms with Crippen molar-refractivity contribution in [1.29, 1.82) is 0 Å². The number of para-hydroxylation sites is 1. The molecule has 18 N–H and O–H groups in total. The summed E-state index contributed by atoms with van der Waals surface area (Å²) in [6.45, 7) is 10.0. The van der Waals surface area contributed by atoms with Gasteiger partial charge in [-0.05, 0) is 222 Å². The molecule has 143 heavy (non-hydrogen) atoms. The van der Waals surface area contributed by atoms with E-state index in [-0.39, 0.29) is 35.7 Å². The van der Waals surface area contributed by atoms with E-state index in [9.17, 15) is 0 Å². The average molecular weight is 2080 g/mol. The van der Waals surface area contributed by atoms with E-state index in [4.69, 9.17) is 151 Å². The molecule has 0 saturated carbocycles. The Hall–Kier alpha value is -16.4. The molecule has 0 aliphatic carbocycles. The number of ether oxygens (including phenoxy) is 5. The van der Waals surface area contributed by atoms with Crippen molar-refractivity contribution in [2.24, 2.45) is 0 Å². The molecule has 18 aromatic rings. The molecule has 43 heteroatoms. The fraction of sp³-hybridized carbons (Fsp3) is 0.100. The summed E-state index contributed by atoms with van der Waals surface area (Å²) in [5, 5.41) is 23.0. The summed E-state index contributed by atoms with van der Waals surface area (Å²) >= 11 is 48.7. The number of aryl methyl sites for hydroxylation is 5. The summed E-state index contributed by atoms with van der Waals surface area (Å²) in [4.78, 5) is 76.2. The number of methoxy groups -OCH3 is 5. The maximum atomic E-state index is 6.19. The number of nitrogens with two attached hydrogens (primary N) is 6. The lowest BCUT2D eigenvalue weighted by molar-refractivity contribution is 0.416. The summed E-state index contributed by atoms with van der Waals surface area (Å²) < 4.78 is 26.7. The molecule has 726 valence electrons. The van der Waals surface area contributed by atoms with E-state index in [1.165, 1.54) is 16.7 Å². The normalized spacial score (nSPS) is 10.5. The Balaban J connectivity index is 0.000000144. The quantitative estimate of drug-likeness (QED) is 0.0283. The van der Waals surface area contributed by atoms with Crippen LogP contribution in [0.3, 0.4) is 0 Å². The highest BCUT2D eigenvalue weighted by Crippen LogP contribution is 2.39. The molecule has 0 aliphatic rings. The number of halogens is 8. The largest absolute Gasteiger partial charge is 0.496 e. The number of anilines is 18. The minimum absolute atomic E-state index is 0.0766. The molecule has 0 fully saturated rings. The summed E-state index contributed by atoms with van der Waals surface area (Å²) in [7, 11) is 7.85. The van der Waals surface area contributed by atoms with E-state index in [1.807, 2.05) is 174 Å². The predicted molar refractivity (Wildman–Crippen MR) is 573 cm³/mol. The Kier molecular flexibility index (Phi) is 36.0. The molecule has 0 bridgehead atoms. The third-order valence-corrected chi connectivity index (χ3v) is 21.9. The van der Waals surface area contributed by atoms with Gasteiger partial charge in [-0.25, -0.2) is 0 Å². The Labute approximate surface area is 861 Å². The second-order valence-corrected chi connectivity index (χ2v) is 33.9. The molecule has 0 atom stereocenters. The zero-order valence-electron chi connectivity index (χ0n) is 77.8. The van der Waals surface area contributed by atoms with Crippen molar-refractivity contribution in [1.82, 2.24) is 89.7 Å². The number of nitrogen functional groups attached to an aromatic ring is 6. The second-order valence-electron chi connectivity index (χ2n) is 30.4. The number of nitrogens with zero attached hydrogens (tertiary/aromatic N) is 18. The average Bonchev–Trinajstić information content (AvgIpc) is 0.833. The van der Waals surface area contributed by atoms with E-state index in [1.54, 1.807) is 151 Å². The standard InChI is InChI=1S/C17H15Cl2N5O.3C17H16ClN5O.C16H13Cl2N5.C16H14ClN5O/c1-9-3-5-11(8-13(9)19)21-17-23-15(22-16(20)24-17)12-7-10(18)4-6-14(12)25-2;3*1-10-3-6-12(7-4-10)20-17-22-15(21-16(19)23-17)13-9-11(18)5-8-14(13)24-2;1-9-2-5-11(6-3-9)20-16-22-14(21-15(19)23-16)12-8-10(17)4-7-13(12)18;1-23-13-8-7-10(17)9-12(13)14-20-15(18)22-16(21-14)19-11-5-3-2-4-6-11/h3-8H,1-2H3,(H3,20,21,22,23,24);3*3-9H,1-2H3,(H3,19,20,21,22,23);2-8H,1H3,(H3,19,20,21,22,23);2-9H,1H3,(H3,18,19,20,21,22). The molecule has 0 amide bonds. The van der Waals surface area contributed by atoms with Gasteiger partial charge in [0, 0.05) is 74.8 Å². The first kappa shape index (κ1) is 104. The first-order chi connectivity index (χ1) is 68.8. The molecule has 12 aromatic carbocycles. The van der Waals surface area contributed by atoms with Crippen molar-refractivity contribution < 1.29 is 23.7 Å². The number of hydrogen-bond acceptors (Lipinski definition) is 35. The van der Waals surface area contributed by atoms with Crippen LogP contribution in [0.5, 0.6) is 28.7 Å². The lowest BCUT2D eigenvalue weighted by Crippen LogP contribution is -2.05. The minimum atomic E-state index is 0.0766. The highest BCUT2D eigenvalue weighted by atomic mass is 35.5. The number of aromatic nitrogens is 18. The topological polar surface area (TPSA) is 506 Å². The van der Waals surface area contributed by atoms with Crippen molar-refractivity contribution in [3.05, 3.63) is 323 Å². The molecular formula is C100H90Cl8N30O5. The van der Waals surface area contributed by atoms with Gasteiger partial charge in [0.2, 0.25) is 71.4 Å². The van der Waals surface area contributed by atoms with Crippen LogP contribution < -0.4 is 90.0 Å². The summed E-state index contributed by atoms with van der Waals surface area (Å²) in [5.41, 5.74) is 49.4. The predicted octanol–water partition coefficient (Wildman–Crippen LogP) is 24.0. The van der Waals surface area contributed by atoms with E-state index in [2.05, 4.69) is 122 Å². The van der Waals surface area contributed by atoms with Crippen LogP contribution in [0.4, 0.5) is 106 Å². The van der Waals surface area contributed by atoms with E-state index in [0.717, 1.165) is 45.3 Å². The molecule has 6 heterocycles. The smallest absolute Gasteiger partial charge is 0.232 e. The summed E-state index contributed by atoms with van der Waals surface area (Å²) in [6.07, 6.45) is 0. The van der Waals surface area contributed by atoms with Crippen LogP contribution in [0, 0.1) is 34.6 Å². The van der Waals surface area contributed by atoms with E-state index < -0.39 is 0 Å². The van der Waals surface area contributed by atoms with Gasteiger partial charge in [-0.2, -0.15) is 89.7 Å². The van der Waals surface area contributed by atoms with Crippen LogP contribution >= 0.6 is 92.8 Å². The van der Waals surface area contributed by atoms with Crippen LogP contribution in [0.15, 0.2) is 255 Å². The molecule has 35 nitrogen and oxygen atoms in total. The van der Waals surface area contributed by atoms with Gasteiger partial charge >= 0.3 is 0 Å². The van der Waals surface area contributed by atoms with Gasteiger partial charge in [0.1, 0.15) is 28.7 Å². The van der Waals surface area contributed by atoms with E-state index in [0.29, 0.717) is 173 Å². The Bertz CT molecular complexity index is 7130. The van der Waals surface area contributed by atoms with Crippen molar-refractivity contribution in [3.63, 3.8) is 0 Å². The monoisotopic (exact) mass is 2070 g/mol. The van der Waals surface area contributed by atoms with Crippen LogP contribution in [0.25, 0.3) is 68.3 Å². The Morgan fingerprint density at radius 3 is 0.629 bits per heavy atom. The number of nitrogens with one attached hydrogen (secondary N) is 6. The first-order valence-electron chi connectivity index (χ1n) is 42.7. The molecule has 0 aliphatic heterocycles. The molecule has 0 radical (unpaired) electrons. The highest BCUT2D eigenvalue weighted by molar-refractivity contribution is 6.35. The van der Waals surface area contributed by atoms with Gasteiger partial charge in [-0.15, -0.1) is 0 Å². The van der Waals surface area contributed by atoms with Crippen LogP contribution in [0.2, 0.25) is 40.2 Å². The fourth-order valence-electron chi connectivity index (χ4n) is 12.9. The van der Waals surface area contributed by atoms with Gasteiger partial charge < -0.3 is 90.0 Å². The van der Waals surface area contributed by atoms with Crippen molar-refractivity contribution >= 4 is 198 Å². The lowest BCUT2D eigenvalue weighted by atomic mass is 10.2. The molecule has 0 spiro atoms. The zero-order chi connectivity index (χ0) is 102. The zero-order valence-corrected chi connectivity index (χ0v) is 83.9. The highest BCUT2D eigenvalue weighted by Gasteiger charge is 2.21. The summed E-state index contributed by atoms with van der Waals surface area (Å²) in [5.74, 6) is 7.89. The number of rotatable bonds is 23. The first-order valence-corrected chi connectivity index (χ1v) is 45.7. The third-order valence-electron chi connectivity index (χ3n) is 19.8. The van der Waals surface area contributed by atoms with Crippen LogP contribution in [-0.4, -0.2) is 125 Å². The molecule has 6 aromatic heterocycles. The Morgan fingerprint density at radius 2 is 0.399 bits per heavy atom. The van der Waals surface area contributed by atoms with Crippen molar-refractivity contribution in [2.45, 2.75) is 34.6 Å². The maximum absolute atomic E-state index is 6.19. The van der Waals surface area contributed by atoms with Gasteiger partial charge in [0.25, 0.3) is 0 Å². The molecular weight excluding hydrogens is 1980 g/mol. The molecule has 18 rings (SSSR count). The van der Waals surface area contributed by atoms with Crippen molar-refractivity contribution in [3.8, 4) is 97.1 Å². The number of hydrogen-bond donors (Lipinski definition) is 12. The second kappa shape index (κ2) is 49.5. The minimum Gasteiger partial charge on any atom is -0.496 e. The Morgan fingerprint density at radius 1 is 0.196 bits per heavy atom. The van der Waals surface area contributed by atoms with Gasteiger partial charge in [-0.1, -0.05) is 188 Å². The molecule has 0 unspecified atom stereocenters. The summed E-state index contributed by atoms with van der Waals surface area (Å²) in [6, 6.07) is 77.7. The maximum Gasteiger partial charge on any atom is 0.232 e. The lowest BCUT2D eigenvalue weighted by Gasteiger charge is -2.11.